The molecule has 29 heavy (non-hydrogen) atoms. The molecule has 0 saturated heterocycles. The number of anilines is 1. The van der Waals surface area contributed by atoms with Crippen molar-refractivity contribution in [1.82, 2.24) is 4.98 Å². The van der Waals surface area contributed by atoms with Gasteiger partial charge in [0.05, 0.1) is 0 Å². The van der Waals surface area contributed by atoms with Gasteiger partial charge in [0.15, 0.2) is 0 Å². The Balaban J connectivity index is 2.07. The van der Waals surface area contributed by atoms with E-state index in [2.05, 4.69) is 87.0 Å². The van der Waals surface area contributed by atoms with E-state index in [4.69, 9.17) is 5.73 Å². The standard InChI is InChI=1S/C26H37N3/c1-6-29(7-2)21-14-11-19(12-15-21)25-22(10-8-9-17-27)23-18-20(26(3,4)5)13-16-24(23)28-25/h11-16,18,28H,6-10,17,27H2,1-5H3. The molecular formula is C26H37N3. The second kappa shape index (κ2) is 9.04. The number of unbranched alkanes of at least 4 members (excludes halogenated alkanes) is 1. The number of aromatic nitrogens is 1. The number of aryl methyl sites for hydroxylation is 1. The molecule has 0 atom stereocenters. The first kappa shape index (κ1) is 21.4. The van der Waals surface area contributed by atoms with Crippen LogP contribution >= 0.6 is 0 Å². The van der Waals surface area contributed by atoms with Gasteiger partial charge in [0, 0.05) is 35.4 Å². The minimum absolute atomic E-state index is 0.144. The van der Waals surface area contributed by atoms with Gasteiger partial charge in [0.2, 0.25) is 0 Å². The Morgan fingerprint density at radius 3 is 2.21 bits per heavy atom. The van der Waals surface area contributed by atoms with E-state index in [1.165, 1.54) is 39.0 Å². The molecule has 0 aliphatic carbocycles. The van der Waals surface area contributed by atoms with Gasteiger partial charge in [-0.2, -0.15) is 0 Å². The molecule has 3 nitrogen and oxygen atoms in total. The monoisotopic (exact) mass is 391 g/mol. The molecule has 0 aliphatic heterocycles. The average molecular weight is 392 g/mol. The third kappa shape index (κ3) is 4.67. The van der Waals surface area contributed by atoms with E-state index >= 15 is 0 Å². The highest BCUT2D eigenvalue weighted by molar-refractivity contribution is 5.91. The molecular weight excluding hydrogens is 354 g/mol. The van der Waals surface area contributed by atoms with Crippen LogP contribution in [0.4, 0.5) is 5.69 Å². The van der Waals surface area contributed by atoms with Crippen LogP contribution in [0.2, 0.25) is 0 Å². The quantitative estimate of drug-likeness (QED) is 0.445. The maximum atomic E-state index is 5.77. The normalized spacial score (nSPS) is 11.9. The summed E-state index contributed by atoms with van der Waals surface area (Å²) in [5.41, 5.74) is 13.8. The van der Waals surface area contributed by atoms with Crippen molar-refractivity contribution in [2.75, 3.05) is 24.5 Å². The topological polar surface area (TPSA) is 45.0 Å². The van der Waals surface area contributed by atoms with Crippen LogP contribution in [-0.4, -0.2) is 24.6 Å². The van der Waals surface area contributed by atoms with Gasteiger partial charge in [-0.1, -0.05) is 39.0 Å². The molecule has 0 amide bonds. The molecule has 0 saturated carbocycles. The van der Waals surface area contributed by atoms with E-state index in [0.29, 0.717) is 0 Å². The van der Waals surface area contributed by atoms with Crippen LogP contribution in [-0.2, 0) is 11.8 Å². The minimum Gasteiger partial charge on any atom is -0.372 e. The van der Waals surface area contributed by atoms with Crippen molar-refractivity contribution in [2.45, 2.75) is 59.3 Å². The molecule has 3 aromatic rings. The molecule has 0 fully saturated rings. The van der Waals surface area contributed by atoms with Gasteiger partial charge in [-0.25, -0.2) is 0 Å². The van der Waals surface area contributed by atoms with Crippen molar-refractivity contribution in [3.8, 4) is 11.3 Å². The minimum atomic E-state index is 0.144. The van der Waals surface area contributed by atoms with Gasteiger partial charge in [0.1, 0.15) is 0 Å². The number of nitrogens with zero attached hydrogens (tertiary/aromatic N) is 1. The van der Waals surface area contributed by atoms with Gasteiger partial charge in [-0.3, -0.25) is 0 Å². The summed E-state index contributed by atoms with van der Waals surface area (Å²) in [6.07, 6.45) is 3.23. The summed E-state index contributed by atoms with van der Waals surface area (Å²) in [4.78, 5) is 6.10. The number of H-pyrrole nitrogens is 1. The van der Waals surface area contributed by atoms with Crippen LogP contribution in [0.15, 0.2) is 42.5 Å². The molecule has 1 heterocycles. The summed E-state index contributed by atoms with van der Waals surface area (Å²) in [7, 11) is 0. The lowest BCUT2D eigenvalue weighted by atomic mass is 9.86. The number of benzene rings is 2. The molecule has 3 N–H and O–H groups in total. The van der Waals surface area contributed by atoms with E-state index in [1.54, 1.807) is 0 Å². The smallest absolute Gasteiger partial charge is 0.0497 e. The summed E-state index contributed by atoms with van der Waals surface area (Å²) >= 11 is 0. The fourth-order valence-corrected chi connectivity index (χ4v) is 4.09. The second-order valence-electron chi connectivity index (χ2n) is 8.95. The zero-order chi connectivity index (χ0) is 21.0. The summed E-state index contributed by atoms with van der Waals surface area (Å²) in [5.74, 6) is 0. The zero-order valence-corrected chi connectivity index (χ0v) is 18.8. The fraction of sp³-hybridized carbons (Fsp3) is 0.462. The van der Waals surface area contributed by atoms with Gasteiger partial charge in [-0.15, -0.1) is 0 Å². The Kier molecular flexibility index (Phi) is 6.69. The molecule has 2 aromatic carbocycles. The van der Waals surface area contributed by atoms with Gasteiger partial charge < -0.3 is 15.6 Å². The third-order valence-electron chi connectivity index (χ3n) is 5.94. The van der Waals surface area contributed by atoms with Crippen molar-refractivity contribution in [3.63, 3.8) is 0 Å². The highest BCUT2D eigenvalue weighted by atomic mass is 15.1. The highest BCUT2D eigenvalue weighted by Gasteiger charge is 2.18. The average Bonchev–Trinajstić information content (AvgIpc) is 3.07. The lowest BCUT2D eigenvalue weighted by molar-refractivity contribution is 0.591. The largest absolute Gasteiger partial charge is 0.372 e. The van der Waals surface area contributed by atoms with E-state index < -0.39 is 0 Å². The maximum absolute atomic E-state index is 5.77. The summed E-state index contributed by atoms with van der Waals surface area (Å²) in [5, 5.41) is 1.36. The van der Waals surface area contributed by atoms with Crippen LogP contribution in [0.1, 0.15) is 58.6 Å². The van der Waals surface area contributed by atoms with Crippen LogP contribution in [0, 0.1) is 0 Å². The predicted molar refractivity (Wildman–Crippen MR) is 128 cm³/mol. The lowest BCUT2D eigenvalue weighted by Crippen LogP contribution is -2.21. The van der Waals surface area contributed by atoms with Crippen molar-refractivity contribution in [2.24, 2.45) is 5.73 Å². The van der Waals surface area contributed by atoms with Gasteiger partial charge >= 0.3 is 0 Å². The SMILES string of the molecule is CCN(CC)c1ccc(-c2[nH]c3ccc(C(C)(C)C)cc3c2CCCCN)cc1. The number of rotatable bonds is 8. The van der Waals surface area contributed by atoms with Crippen LogP contribution in [0.3, 0.4) is 0 Å². The predicted octanol–water partition coefficient (Wildman–Crippen LogP) is 6.26. The van der Waals surface area contributed by atoms with Crippen molar-refractivity contribution >= 4 is 16.6 Å². The van der Waals surface area contributed by atoms with Crippen molar-refractivity contribution in [1.29, 1.82) is 0 Å². The van der Waals surface area contributed by atoms with Gasteiger partial charge in [-0.05, 0) is 86.0 Å². The molecule has 3 rings (SSSR count). The third-order valence-corrected chi connectivity index (χ3v) is 5.94. The summed E-state index contributed by atoms with van der Waals surface area (Å²) in [6, 6.07) is 15.9. The molecule has 0 unspecified atom stereocenters. The number of fused-ring (bicyclic) bond motifs is 1. The van der Waals surface area contributed by atoms with E-state index in [1.807, 2.05) is 0 Å². The second-order valence-corrected chi connectivity index (χ2v) is 8.95. The fourth-order valence-electron chi connectivity index (χ4n) is 4.09. The van der Waals surface area contributed by atoms with E-state index in [9.17, 15) is 0 Å². The Morgan fingerprint density at radius 2 is 1.62 bits per heavy atom. The van der Waals surface area contributed by atoms with Crippen LogP contribution < -0.4 is 10.6 Å². The van der Waals surface area contributed by atoms with Crippen molar-refractivity contribution in [3.05, 3.63) is 53.6 Å². The molecule has 0 bridgehead atoms. The maximum Gasteiger partial charge on any atom is 0.0497 e. The van der Waals surface area contributed by atoms with Crippen molar-refractivity contribution < 1.29 is 0 Å². The Bertz CT molecular complexity index is 925. The summed E-state index contributed by atoms with van der Waals surface area (Å²) in [6.45, 7) is 14.1. The number of hydrogen-bond donors (Lipinski definition) is 2. The Morgan fingerprint density at radius 1 is 0.931 bits per heavy atom. The first-order valence-electron chi connectivity index (χ1n) is 11.1. The Labute approximate surface area is 176 Å². The molecule has 0 radical (unpaired) electrons. The van der Waals surface area contributed by atoms with E-state index in [0.717, 1.165) is 38.9 Å². The van der Waals surface area contributed by atoms with E-state index in [-0.39, 0.29) is 5.41 Å². The highest BCUT2D eigenvalue weighted by Crippen LogP contribution is 2.35. The Hall–Kier alpha value is -2.26. The first-order valence-corrected chi connectivity index (χ1v) is 11.1. The van der Waals surface area contributed by atoms with Gasteiger partial charge in [0.25, 0.3) is 0 Å². The molecule has 0 aliphatic rings. The molecule has 156 valence electrons. The lowest BCUT2D eigenvalue weighted by Gasteiger charge is -2.21. The first-order chi connectivity index (χ1) is 13.9. The molecule has 1 aromatic heterocycles. The number of nitrogens with two attached hydrogens (primary N) is 1. The van der Waals surface area contributed by atoms with Crippen LogP contribution in [0.5, 0.6) is 0 Å². The molecule has 3 heteroatoms. The number of nitrogens with one attached hydrogen (secondary N) is 1. The number of hydrogen-bond acceptors (Lipinski definition) is 2. The molecule has 0 spiro atoms. The van der Waals surface area contributed by atoms with Crippen LogP contribution in [0.25, 0.3) is 22.2 Å². The summed E-state index contributed by atoms with van der Waals surface area (Å²) < 4.78 is 0. The number of aromatic amines is 1. The zero-order valence-electron chi connectivity index (χ0n) is 18.8.